The van der Waals surface area contributed by atoms with Gasteiger partial charge in [-0.2, -0.15) is 0 Å². The second kappa shape index (κ2) is 52.9. The van der Waals surface area contributed by atoms with Gasteiger partial charge >= 0.3 is 5.97 Å². The number of hydrogen-bond acceptors (Lipinski definition) is 20. The van der Waals surface area contributed by atoms with E-state index in [4.69, 9.17) is 28.4 Å². The van der Waals surface area contributed by atoms with E-state index in [9.17, 15) is 75.7 Å². The van der Waals surface area contributed by atoms with Gasteiger partial charge in [-0.1, -0.05) is 237 Å². The van der Waals surface area contributed by atoms with Crippen LogP contribution in [0.1, 0.15) is 271 Å². The van der Waals surface area contributed by atoms with Gasteiger partial charge < -0.3 is 100 Å². The summed E-state index contributed by atoms with van der Waals surface area (Å²) in [6.07, 6.45) is 27.9. The van der Waals surface area contributed by atoms with Gasteiger partial charge in [-0.3, -0.25) is 9.59 Å². The van der Waals surface area contributed by atoms with Gasteiger partial charge in [-0.25, -0.2) is 4.79 Å². The van der Waals surface area contributed by atoms with Crippen LogP contribution in [0, 0.1) is 0 Å². The maximum Gasteiger partial charge on any atom is 0.364 e. The molecule has 0 aromatic rings. The number of nitrogens with one attached hydrogen (secondary N) is 2. The zero-order chi connectivity index (χ0) is 70.4. The standard InChI is InChI=1S/C73H132N2O21/c1-4-6-8-10-12-14-16-17-18-19-20-21-22-23-24-25-26-27-28-29-30-31-32-33-34-35-37-39-41-43-45-47-60(83)75-54(55(80)46-44-42-40-38-36-15-13-11-9-7-5-2)52-91-70-65(87)64(86)67(59(51-78)93-70)94-71-66(88)69(63(85)58(50-77)92-71)96-73(72(89)90)48-56(81)61(74-53(3)79)68(95-73)62(84)57(82)49-76/h20-21,23-24,44,46,54-59,61-71,76-78,80-82,84-88H,4-19,22,25-43,45,47-52H2,1-3H3,(H,74,79)(H,75,83)(H,89,90)/b21-20-,24-23-,46-44+. The van der Waals surface area contributed by atoms with Gasteiger partial charge in [0, 0.05) is 19.8 Å². The highest BCUT2D eigenvalue weighted by Crippen LogP contribution is 2.39. The summed E-state index contributed by atoms with van der Waals surface area (Å²) in [5, 5.41) is 136. The summed E-state index contributed by atoms with van der Waals surface area (Å²) in [6.45, 7) is 2.12. The monoisotopic (exact) mass is 1370 g/mol. The van der Waals surface area contributed by atoms with E-state index in [0.29, 0.717) is 12.8 Å². The Labute approximate surface area is 574 Å². The van der Waals surface area contributed by atoms with E-state index in [1.54, 1.807) is 6.08 Å². The molecule has 0 saturated carbocycles. The third kappa shape index (κ3) is 34.1. The van der Waals surface area contributed by atoms with E-state index in [2.05, 4.69) is 48.8 Å². The van der Waals surface area contributed by atoms with Crippen LogP contribution in [0.3, 0.4) is 0 Å². The van der Waals surface area contributed by atoms with Crippen molar-refractivity contribution in [2.45, 2.75) is 381 Å². The van der Waals surface area contributed by atoms with Gasteiger partial charge in [0.05, 0.1) is 50.7 Å². The maximum atomic E-state index is 13.5. The van der Waals surface area contributed by atoms with Gasteiger partial charge in [-0.05, 0) is 51.4 Å². The average molecular weight is 1370 g/mol. The maximum absolute atomic E-state index is 13.5. The molecule has 2 amide bonds. The zero-order valence-electron chi connectivity index (χ0n) is 58.7. The summed E-state index contributed by atoms with van der Waals surface area (Å²) in [6, 6.07) is -2.62. The molecule has 3 aliphatic heterocycles. The largest absolute Gasteiger partial charge is 0.477 e. The molecule has 3 rings (SSSR count). The Hall–Kier alpha value is -3.05. The number of ether oxygens (including phenoxy) is 6. The first-order valence-electron chi connectivity index (χ1n) is 37.4. The second-order valence-electron chi connectivity index (χ2n) is 27.2. The molecule has 18 atom stereocenters. The van der Waals surface area contributed by atoms with Crippen molar-refractivity contribution in [1.29, 1.82) is 0 Å². The van der Waals surface area contributed by atoms with Crippen molar-refractivity contribution < 1.29 is 104 Å². The summed E-state index contributed by atoms with van der Waals surface area (Å²) < 4.78 is 34.8. The molecule has 0 bridgehead atoms. The topological polar surface area (TPSA) is 373 Å². The van der Waals surface area contributed by atoms with E-state index < -0.39 is 155 Å². The molecule has 23 nitrogen and oxygen atoms in total. The molecule has 560 valence electrons. The SMILES string of the molecule is CCCCCCCCCCC/C=C\C/C=C\CCCCCCCCCCCCCCCCCC(=O)NC(COC1OC(CO)C(OC2OC(CO)C(O)C(OC3(C(=O)O)CC(O)C(NC(C)=O)C(C(O)C(O)CO)O3)C2O)C(O)C1O)C(O)/C=C/CCCCCCCCCCC. The third-order valence-corrected chi connectivity index (χ3v) is 18.8. The minimum absolute atomic E-state index is 0.200. The van der Waals surface area contributed by atoms with Crippen LogP contribution in [0.25, 0.3) is 0 Å². The zero-order valence-corrected chi connectivity index (χ0v) is 58.7. The molecule has 0 aliphatic carbocycles. The van der Waals surface area contributed by atoms with Crippen LogP contribution >= 0.6 is 0 Å². The molecule has 23 heteroatoms. The number of unbranched alkanes of at least 4 members (excludes halogenated alkanes) is 33. The number of amides is 2. The molecule has 0 spiro atoms. The van der Waals surface area contributed by atoms with Crippen molar-refractivity contribution >= 4 is 17.8 Å². The van der Waals surface area contributed by atoms with Crippen molar-refractivity contribution in [2.75, 3.05) is 26.4 Å². The molecule has 0 radical (unpaired) electrons. The molecular formula is C73H132N2O21. The van der Waals surface area contributed by atoms with Crippen LogP contribution in [0.5, 0.6) is 0 Å². The van der Waals surface area contributed by atoms with Crippen LogP contribution in [-0.4, -0.2) is 215 Å². The van der Waals surface area contributed by atoms with Gasteiger partial charge in [-0.15, -0.1) is 0 Å². The molecular weight excluding hydrogens is 1240 g/mol. The number of carboxylic acid groups (broad SMARTS) is 1. The third-order valence-electron chi connectivity index (χ3n) is 18.8. The Morgan fingerprint density at radius 2 is 1.01 bits per heavy atom. The Morgan fingerprint density at radius 1 is 0.552 bits per heavy atom. The molecule has 3 heterocycles. The van der Waals surface area contributed by atoms with Crippen molar-refractivity contribution in [2.24, 2.45) is 0 Å². The molecule has 14 N–H and O–H groups in total. The molecule has 0 aromatic heterocycles. The number of hydrogen-bond donors (Lipinski definition) is 14. The lowest BCUT2D eigenvalue weighted by atomic mass is 9.88. The first kappa shape index (κ1) is 87.2. The van der Waals surface area contributed by atoms with Gasteiger partial charge in [0.1, 0.15) is 67.1 Å². The minimum Gasteiger partial charge on any atom is -0.477 e. The fourth-order valence-corrected chi connectivity index (χ4v) is 12.9. The summed E-state index contributed by atoms with van der Waals surface area (Å²) in [5.41, 5.74) is 0. The number of aliphatic hydroxyl groups is 11. The predicted molar refractivity (Wildman–Crippen MR) is 366 cm³/mol. The number of aliphatic hydroxyl groups excluding tert-OH is 11. The number of carbonyl (C=O) groups excluding carboxylic acids is 2. The number of carbonyl (C=O) groups is 3. The van der Waals surface area contributed by atoms with Crippen LogP contribution in [-0.2, 0) is 42.8 Å². The number of carboxylic acids is 1. The van der Waals surface area contributed by atoms with E-state index in [0.717, 1.165) is 58.3 Å². The van der Waals surface area contributed by atoms with Crippen molar-refractivity contribution in [3.63, 3.8) is 0 Å². The Morgan fingerprint density at radius 3 is 1.47 bits per heavy atom. The quantitative estimate of drug-likeness (QED) is 0.0201. The highest BCUT2D eigenvalue weighted by Gasteiger charge is 2.60. The van der Waals surface area contributed by atoms with Gasteiger partial charge in [0.25, 0.3) is 5.79 Å². The van der Waals surface area contributed by atoms with Crippen LogP contribution in [0.4, 0.5) is 0 Å². The lowest BCUT2D eigenvalue weighted by molar-refractivity contribution is -0.386. The lowest BCUT2D eigenvalue weighted by Gasteiger charge is -2.50. The summed E-state index contributed by atoms with van der Waals surface area (Å²) in [4.78, 5) is 38.5. The Kier molecular flexibility index (Phi) is 48.0. The van der Waals surface area contributed by atoms with Crippen molar-refractivity contribution in [1.82, 2.24) is 10.6 Å². The second-order valence-corrected chi connectivity index (χ2v) is 27.2. The van der Waals surface area contributed by atoms with E-state index in [1.165, 1.54) is 173 Å². The molecule has 3 saturated heterocycles. The molecule has 3 aliphatic rings. The normalized spacial score (nSPS) is 27.8. The first-order valence-corrected chi connectivity index (χ1v) is 37.4. The summed E-state index contributed by atoms with van der Waals surface area (Å²) >= 11 is 0. The first-order chi connectivity index (χ1) is 46.4. The Bertz CT molecular complexity index is 2070. The molecule has 0 aromatic carbocycles. The molecule has 96 heavy (non-hydrogen) atoms. The highest BCUT2D eigenvalue weighted by molar-refractivity contribution is 5.77. The van der Waals surface area contributed by atoms with Crippen LogP contribution < -0.4 is 10.6 Å². The van der Waals surface area contributed by atoms with Crippen LogP contribution in [0.15, 0.2) is 36.5 Å². The predicted octanol–water partition coefficient (Wildman–Crippen LogP) is 8.18. The number of allylic oxidation sites excluding steroid dienone is 5. The van der Waals surface area contributed by atoms with Gasteiger partial charge in [0.15, 0.2) is 12.6 Å². The van der Waals surface area contributed by atoms with Gasteiger partial charge in [0.2, 0.25) is 11.8 Å². The van der Waals surface area contributed by atoms with E-state index in [1.807, 2.05) is 6.08 Å². The average Bonchev–Trinajstić information content (AvgIpc) is 0.758. The fraction of sp³-hybridized carbons (Fsp3) is 0.877. The van der Waals surface area contributed by atoms with Crippen molar-refractivity contribution in [3.05, 3.63) is 36.5 Å². The fourth-order valence-electron chi connectivity index (χ4n) is 12.9. The van der Waals surface area contributed by atoms with E-state index in [-0.39, 0.29) is 12.3 Å². The number of rotatable bonds is 57. The van der Waals surface area contributed by atoms with Crippen LogP contribution in [0.2, 0.25) is 0 Å². The molecule has 3 fully saturated rings. The molecule has 18 unspecified atom stereocenters. The lowest BCUT2D eigenvalue weighted by Crippen LogP contribution is -2.70. The highest BCUT2D eigenvalue weighted by atomic mass is 16.8. The summed E-state index contributed by atoms with van der Waals surface area (Å²) in [7, 11) is 0. The van der Waals surface area contributed by atoms with E-state index >= 15 is 0 Å². The summed E-state index contributed by atoms with van der Waals surface area (Å²) in [5.74, 6) is -6.14. The smallest absolute Gasteiger partial charge is 0.364 e. The number of aliphatic carboxylic acids is 1. The van der Waals surface area contributed by atoms with Crippen molar-refractivity contribution in [3.8, 4) is 0 Å². The minimum atomic E-state index is -3.08. The Balaban J connectivity index is 1.47.